The van der Waals surface area contributed by atoms with Crippen LogP contribution in [0, 0.1) is 0 Å². The van der Waals surface area contributed by atoms with Gasteiger partial charge in [-0.15, -0.1) is 0 Å². The fourth-order valence-electron chi connectivity index (χ4n) is 2.52. The zero-order valence-electron chi connectivity index (χ0n) is 11.0. The summed E-state index contributed by atoms with van der Waals surface area (Å²) in [5.41, 5.74) is 1.33. The second-order valence-corrected chi connectivity index (χ2v) is 7.00. The number of ether oxygens (including phenoxy) is 1. The van der Waals surface area contributed by atoms with Gasteiger partial charge in [-0.05, 0) is 19.9 Å². The Morgan fingerprint density at radius 1 is 1.33 bits per heavy atom. The van der Waals surface area contributed by atoms with Gasteiger partial charge in [0.15, 0.2) is 4.93 Å². The summed E-state index contributed by atoms with van der Waals surface area (Å²) < 4.78 is 6.09. The van der Waals surface area contributed by atoms with Crippen molar-refractivity contribution in [3.63, 3.8) is 0 Å². The number of piperazine rings is 1. The molecule has 0 aliphatic carbocycles. The molecular weight excluding hydrogens is 244 g/mol. The van der Waals surface area contributed by atoms with Gasteiger partial charge < -0.3 is 10.1 Å². The van der Waals surface area contributed by atoms with Gasteiger partial charge in [-0.3, -0.25) is 4.90 Å². The molecule has 3 nitrogen and oxygen atoms in total. The van der Waals surface area contributed by atoms with Gasteiger partial charge >= 0.3 is 0 Å². The highest BCUT2D eigenvalue weighted by Gasteiger charge is 2.32. The van der Waals surface area contributed by atoms with Gasteiger partial charge in [0.05, 0.1) is 4.90 Å². The maximum atomic E-state index is 6.09. The number of benzene rings is 1. The van der Waals surface area contributed by atoms with E-state index in [0.717, 1.165) is 38.5 Å². The summed E-state index contributed by atoms with van der Waals surface area (Å²) >= 11 is 1.82. The maximum absolute atomic E-state index is 6.09. The molecule has 0 spiro atoms. The summed E-state index contributed by atoms with van der Waals surface area (Å²) in [6.45, 7) is 9.70. The molecule has 98 valence electrons. The molecule has 0 saturated carbocycles. The lowest BCUT2D eigenvalue weighted by Crippen LogP contribution is -2.42. The summed E-state index contributed by atoms with van der Waals surface area (Å²) in [5, 5.41) is 3.39. The molecule has 1 aromatic rings. The van der Waals surface area contributed by atoms with E-state index in [-0.39, 0.29) is 4.93 Å². The van der Waals surface area contributed by atoms with Crippen LogP contribution in [0.15, 0.2) is 23.1 Å². The first-order valence-corrected chi connectivity index (χ1v) is 7.39. The molecule has 0 unspecified atom stereocenters. The van der Waals surface area contributed by atoms with Gasteiger partial charge in [-0.1, -0.05) is 23.9 Å². The SMILES string of the molecule is CC1(C)Oc2c(CN3CCNCC3)cccc2S1. The number of hydrogen-bond donors (Lipinski definition) is 1. The van der Waals surface area contributed by atoms with Crippen LogP contribution in [-0.2, 0) is 6.54 Å². The van der Waals surface area contributed by atoms with Crippen molar-refractivity contribution >= 4 is 11.8 Å². The van der Waals surface area contributed by atoms with Crippen LogP contribution in [0.25, 0.3) is 0 Å². The summed E-state index contributed by atoms with van der Waals surface area (Å²) in [7, 11) is 0. The first kappa shape index (κ1) is 12.3. The third kappa shape index (κ3) is 2.51. The van der Waals surface area contributed by atoms with Gasteiger partial charge in [0, 0.05) is 38.3 Å². The molecule has 18 heavy (non-hydrogen) atoms. The van der Waals surface area contributed by atoms with Crippen LogP contribution in [0.5, 0.6) is 5.75 Å². The maximum Gasteiger partial charge on any atom is 0.153 e. The smallest absolute Gasteiger partial charge is 0.153 e. The molecule has 0 bridgehead atoms. The normalized spacial score (nSPS) is 22.6. The second-order valence-electron chi connectivity index (χ2n) is 5.37. The lowest BCUT2D eigenvalue weighted by Gasteiger charge is -2.27. The Kier molecular flexibility index (Phi) is 3.26. The number of para-hydroxylation sites is 1. The molecule has 1 fully saturated rings. The van der Waals surface area contributed by atoms with Crippen LogP contribution in [-0.4, -0.2) is 36.0 Å². The minimum Gasteiger partial charge on any atom is -0.475 e. The Labute approximate surface area is 113 Å². The Morgan fingerprint density at radius 3 is 2.89 bits per heavy atom. The molecule has 1 saturated heterocycles. The fraction of sp³-hybridized carbons (Fsp3) is 0.571. The van der Waals surface area contributed by atoms with E-state index in [1.54, 1.807) is 0 Å². The van der Waals surface area contributed by atoms with E-state index in [1.165, 1.54) is 10.5 Å². The van der Waals surface area contributed by atoms with Crippen molar-refractivity contribution in [2.24, 2.45) is 0 Å². The highest BCUT2D eigenvalue weighted by Crippen LogP contribution is 2.48. The Bertz CT molecular complexity index is 441. The van der Waals surface area contributed by atoms with Crippen LogP contribution < -0.4 is 10.1 Å². The van der Waals surface area contributed by atoms with Crippen LogP contribution in [0.4, 0.5) is 0 Å². The van der Waals surface area contributed by atoms with Gasteiger partial charge in [0.2, 0.25) is 0 Å². The van der Waals surface area contributed by atoms with Gasteiger partial charge in [0.1, 0.15) is 5.75 Å². The molecular formula is C14H20N2OS. The van der Waals surface area contributed by atoms with Crippen LogP contribution >= 0.6 is 11.8 Å². The predicted octanol–water partition coefficient (Wildman–Crippen LogP) is 2.31. The first-order valence-electron chi connectivity index (χ1n) is 6.57. The fourth-order valence-corrected chi connectivity index (χ4v) is 3.59. The molecule has 0 amide bonds. The Morgan fingerprint density at radius 2 is 2.11 bits per heavy atom. The van der Waals surface area contributed by atoms with E-state index < -0.39 is 0 Å². The van der Waals surface area contributed by atoms with Crippen molar-refractivity contribution in [1.29, 1.82) is 0 Å². The number of rotatable bonds is 2. The van der Waals surface area contributed by atoms with Gasteiger partial charge in [0.25, 0.3) is 0 Å². The molecule has 2 aliphatic rings. The Hall–Kier alpha value is -0.710. The van der Waals surface area contributed by atoms with Crippen molar-refractivity contribution in [2.75, 3.05) is 26.2 Å². The van der Waals surface area contributed by atoms with E-state index in [0.29, 0.717) is 0 Å². The molecule has 0 atom stereocenters. The monoisotopic (exact) mass is 264 g/mol. The lowest BCUT2D eigenvalue weighted by atomic mass is 10.1. The van der Waals surface area contributed by atoms with Crippen molar-refractivity contribution < 1.29 is 4.74 Å². The zero-order chi connectivity index (χ0) is 12.6. The largest absolute Gasteiger partial charge is 0.475 e. The first-order chi connectivity index (χ1) is 8.64. The molecule has 0 radical (unpaired) electrons. The average Bonchev–Trinajstić information content (AvgIpc) is 2.66. The van der Waals surface area contributed by atoms with Crippen LogP contribution in [0.2, 0.25) is 0 Å². The van der Waals surface area contributed by atoms with Crippen molar-refractivity contribution in [2.45, 2.75) is 30.2 Å². The summed E-state index contributed by atoms with van der Waals surface area (Å²) in [4.78, 5) is 3.65. The standard InChI is InChI=1S/C14H20N2OS/c1-14(2)17-13-11(4-3-5-12(13)18-14)10-16-8-6-15-7-9-16/h3-5,15H,6-10H2,1-2H3. The van der Waals surface area contributed by atoms with E-state index in [4.69, 9.17) is 4.74 Å². The van der Waals surface area contributed by atoms with Crippen LogP contribution in [0.1, 0.15) is 19.4 Å². The number of nitrogens with one attached hydrogen (secondary N) is 1. The summed E-state index contributed by atoms with van der Waals surface area (Å²) in [6.07, 6.45) is 0. The minimum atomic E-state index is -0.123. The third-order valence-corrected chi connectivity index (χ3v) is 4.48. The molecule has 2 heterocycles. The quantitative estimate of drug-likeness (QED) is 0.886. The van der Waals surface area contributed by atoms with E-state index in [2.05, 4.69) is 42.3 Å². The molecule has 0 aromatic heterocycles. The summed E-state index contributed by atoms with van der Waals surface area (Å²) in [6, 6.07) is 6.51. The van der Waals surface area contributed by atoms with E-state index in [9.17, 15) is 0 Å². The lowest BCUT2D eigenvalue weighted by molar-refractivity contribution is 0.199. The van der Waals surface area contributed by atoms with Gasteiger partial charge in [-0.2, -0.15) is 0 Å². The number of thioether (sulfide) groups is 1. The van der Waals surface area contributed by atoms with Crippen molar-refractivity contribution in [3.8, 4) is 5.75 Å². The van der Waals surface area contributed by atoms with Crippen LogP contribution in [0.3, 0.4) is 0 Å². The number of fused-ring (bicyclic) bond motifs is 1. The highest BCUT2D eigenvalue weighted by atomic mass is 32.2. The topological polar surface area (TPSA) is 24.5 Å². The Balaban J connectivity index is 1.79. The zero-order valence-corrected chi connectivity index (χ0v) is 11.8. The molecule has 3 rings (SSSR count). The molecule has 2 aliphatic heterocycles. The highest BCUT2D eigenvalue weighted by molar-refractivity contribution is 8.00. The molecule has 1 aromatic carbocycles. The second kappa shape index (κ2) is 4.76. The molecule has 4 heteroatoms. The third-order valence-electron chi connectivity index (χ3n) is 3.37. The predicted molar refractivity (Wildman–Crippen MR) is 75.2 cm³/mol. The van der Waals surface area contributed by atoms with E-state index in [1.807, 2.05) is 11.8 Å². The summed E-state index contributed by atoms with van der Waals surface area (Å²) in [5.74, 6) is 1.10. The van der Waals surface area contributed by atoms with E-state index >= 15 is 0 Å². The number of nitrogens with zero attached hydrogens (tertiary/aromatic N) is 1. The van der Waals surface area contributed by atoms with Crippen molar-refractivity contribution in [3.05, 3.63) is 23.8 Å². The minimum absolute atomic E-state index is 0.123. The van der Waals surface area contributed by atoms with Crippen molar-refractivity contribution in [1.82, 2.24) is 10.2 Å². The molecule has 1 N–H and O–H groups in total. The van der Waals surface area contributed by atoms with Gasteiger partial charge in [-0.25, -0.2) is 0 Å². The average molecular weight is 264 g/mol. The number of hydrogen-bond acceptors (Lipinski definition) is 4.